The average Bonchev–Trinajstić information content (AvgIpc) is 3.47. The molecule has 7 heteroatoms. The lowest BCUT2D eigenvalue weighted by Gasteiger charge is -2.28. The third kappa shape index (κ3) is 5.04. The van der Waals surface area contributed by atoms with Crippen LogP contribution in [0.25, 0.3) is 0 Å². The van der Waals surface area contributed by atoms with Crippen molar-refractivity contribution in [2.45, 2.75) is 64.2 Å². The lowest BCUT2D eigenvalue weighted by molar-refractivity contribution is -0.149. The number of ether oxygens (including phenoxy) is 4. The number of carbonyl (C=O) groups excluding carboxylic acids is 2. The average molecular weight is 432 g/mol. The minimum atomic E-state index is -0.516. The zero-order valence-electron chi connectivity index (χ0n) is 18.6. The van der Waals surface area contributed by atoms with E-state index in [1.54, 1.807) is 6.92 Å². The second-order valence-corrected chi connectivity index (χ2v) is 8.73. The molecule has 3 aliphatic heterocycles. The molecule has 170 valence electrons. The Balaban J connectivity index is 1.43. The predicted molar refractivity (Wildman–Crippen MR) is 114 cm³/mol. The first-order chi connectivity index (χ1) is 15.0. The van der Waals surface area contributed by atoms with E-state index in [1.165, 1.54) is 5.56 Å². The molecule has 2 saturated heterocycles. The highest BCUT2D eigenvalue weighted by Gasteiger charge is 2.38. The molecule has 1 aromatic rings. The number of likely N-dealkylation sites (tertiary alicyclic amines) is 1. The highest BCUT2D eigenvalue weighted by molar-refractivity contribution is 5.82. The van der Waals surface area contributed by atoms with E-state index in [9.17, 15) is 9.59 Å². The van der Waals surface area contributed by atoms with Gasteiger partial charge in [-0.05, 0) is 50.3 Å². The second-order valence-electron chi connectivity index (χ2n) is 8.73. The fourth-order valence-electron chi connectivity index (χ4n) is 4.89. The van der Waals surface area contributed by atoms with Gasteiger partial charge in [-0.15, -0.1) is 0 Å². The van der Waals surface area contributed by atoms with Crippen LogP contribution in [0.2, 0.25) is 0 Å². The van der Waals surface area contributed by atoms with Crippen molar-refractivity contribution in [3.63, 3.8) is 0 Å². The molecule has 7 nitrogen and oxygen atoms in total. The van der Waals surface area contributed by atoms with Crippen LogP contribution in [0.4, 0.5) is 0 Å². The smallest absolute Gasteiger partial charge is 0.308 e. The number of amides is 1. The van der Waals surface area contributed by atoms with Gasteiger partial charge in [0.05, 0.1) is 38.9 Å². The Morgan fingerprint density at radius 2 is 2.10 bits per heavy atom. The quantitative estimate of drug-likeness (QED) is 0.558. The minimum absolute atomic E-state index is 0.0274. The van der Waals surface area contributed by atoms with Crippen molar-refractivity contribution >= 4 is 11.9 Å². The second kappa shape index (κ2) is 9.57. The van der Waals surface area contributed by atoms with Crippen molar-refractivity contribution in [2.75, 3.05) is 33.0 Å². The Kier molecular flexibility index (Phi) is 6.82. The first-order valence-electron chi connectivity index (χ1n) is 11.5. The van der Waals surface area contributed by atoms with Crippen LogP contribution in [-0.2, 0) is 30.2 Å². The molecule has 0 aliphatic carbocycles. The topological polar surface area (TPSA) is 74.3 Å². The van der Waals surface area contributed by atoms with Gasteiger partial charge in [-0.1, -0.05) is 12.1 Å². The summed E-state index contributed by atoms with van der Waals surface area (Å²) in [6.45, 7) is 6.69. The molecular formula is C24H33NO6. The maximum atomic E-state index is 13.3. The summed E-state index contributed by atoms with van der Waals surface area (Å²) >= 11 is 0. The first kappa shape index (κ1) is 22.1. The molecule has 1 aromatic carbocycles. The van der Waals surface area contributed by atoms with Crippen LogP contribution in [0.15, 0.2) is 18.2 Å². The Morgan fingerprint density at radius 1 is 1.29 bits per heavy atom. The van der Waals surface area contributed by atoms with Gasteiger partial charge in [0, 0.05) is 25.3 Å². The summed E-state index contributed by atoms with van der Waals surface area (Å²) in [5, 5.41) is 0. The fourth-order valence-corrected chi connectivity index (χ4v) is 4.89. The number of hydrogen-bond acceptors (Lipinski definition) is 6. The van der Waals surface area contributed by atoms with E-state index in [1.807, 2.05) is 24.0 Å². The molecule has 3 heterocycles. The van der Waals surface area contributed by atoms with Gasteiger partial charge in [0.2, 0.25) is 5.91 Å². The first-order valence-corrected chi connectivity index (χ1v) is 11.5. The minimum Gasteiger partial charge on any atom is -0.493 e. The molecule has 31 heavy (non-hydrogen) atoms. The third-order valence-electron chi connectivity index (χ3n) is 6.58. The van der Waals surface area contributed by atoms with E-state index >= 15 is 0 Å². The summed E-state index contributed by atoms with van der Waals surface area (Å²) in [4.78, 5) is 27.5. The molecular weight excluding hydrogens is 398 g/mol. The summed E-state index contributed by atoms with van der Waals surface area (Å²) in [7, 11) is 0. The van der Waals surface area contributed by atoms with Crippen molar-refractivity contribution < 1.29 is 28.5 Å². The summed E-state index contributed by atoms with van der Waals surface area (Å²) in [5.74, 6) is 0.153. The number of nitrogens with zero attached hydrogens (tertiary/aromatic N) is 1. The molecule has 4 rings (SSSR count). The monoisotopic (exact) mass is 431 g/mol. The highest BCUT2D eigenvalue weighted by atomic mass is 16.7. The van der Waals surface area contributed by atoms with Crippen LogP contribution in [-0.4, -0.2) is 55.5 Å². The van der Waals surface area contributed by atoms with Gasteiger partial charge in [-0.3, -0.25) is 9.59 Å². The number of rotatable bonds is 9. The van der Waals surface area contributed by atoms with Crippen LogP contribution in [0.1, 0.15) is 63.1 Å². The molecule has 0 spiro atoms. The van der Waals surface area contributed by atoms with E-state index in [-0.39, 0.29) is 30.3 Å². The van der Waals surface area contributed by atoms with Gasteiger partial charge in [0.25, 0.3) is 0 Å². The van der Waals surface area contributed by atoms with E-state index in [0.717, 1.165) is 43.4 Å². The Labute approximate surface area is 184 Å². The highest BCUT2D eigenvalue weighted by Crippen LogP contribution is 2.37. The number of hydrogen-bond donors (Lipinski definition) is 0. The summed E-state index contributed by atoms with van der Waals surface area (Å²) in [6, 6.07) is 5.73. The molecule has 1 amide bonds. The van der Waals surface area contributed by atoms with Gasteiger partial charge in [-0.25, -0.2) is 0 Å². The SMILES string of the molecule is CCOC(=O)C[C@@H](c1ccc2c(c1)OCC2)N1CCC(CCCC2(C)OCCO2)C1=O. The number of carbonyl (C=O) groups is 2. The molecule has 2 fully saturated rings. The molecule has 3 aliphatic rings. The molecule has 0 radical (unpaired) electrons. The molecule has 0 bridgehead atoms. The van der Waals surface area contributed by atoms with Gasteiger partial charge < -0.3 is 23.8 Å². The Hall–Kier alpha value is -2.12. The lowest BCUT2D eigenvalue weighted by Crippen LogP contribution is -2.34. The van der Waals surface area contributed by atoms with Crippen molar-refractivity contribution in [3.05, 3.63) is 29.3 Å². The predicted octanol–water partition coefficient (Wildman–Crippen LogP) is 3.40. The number of benzene rings is 1. The zero-order chi connectivity index (χ0) is 21.8. The van der Waals surface area contributed by atoms with Crippen LogP contribution < -0.4 is 4.74 Å². The van der Waals surface area contributed by atoms with Crippen LogP contribution in [0.3, 0.4) is 0 Å². The number of fused-ring (bicyclic) bond motifs is 1. The van der Waals surface area contributed by atoms with Crippen LogP contribution >= 0.6 is 0 Å². The van der Waals surface area contributed by atoms with Gasteiger partial charge >= 0.3 is 5.97 Å². The summed E-state index contributed by atoms with van der Waals surface area (Å²) < 4.78 is 22.3. The normalized spacial score (nSPS) is 23.0. The van der Waals surface area contributed by atoms with E-state index in [0.29, 0.717) is 33.0 Å². The van der Waals surface area contributed by atoms with Crippen LogP contribution in [0.5, 0.6) is 5.75 Å². The third-order valence-corrected chi connectivity index (χ3v) is 6.58. The van der Waals surface area contributed by atoms with Crippen molar-refractivity contribution in [3.8, 4) is 5.75 Å². The van der Waals surface area contributed by atoms with Crippen molar-refractivity contribution in [2.24, 2.45) is 5.92 Å². The van der Waals surface area contributed by atoms with Crippen LogP contribution in [0, 0.1) is 5.92 Å². The standard InChI is InChI=1S/C24H33NO6/c1-3-28-22(26)16-20(19-7-6-17-9-12-29-21(17)15-19)25-11-8-18(23(25)27)5-4-10-24(2)30-13-14-31-24/h6-7,15,18,20H,3-5,8-14,16H2,1-2H3/t18?,20-/m0/s1. The van der Waals surface area contributed by atoms with Gasteiger partial charge in [0.15, 0.2) is 5.79 Å². The maximum Gasteiger partial charge on any atom is 0.308 e. The van der Waals surface area contributed by atoms with Gasteiger partial charge in [0.1, 0.15) is 5.75 Å². The fraction of sp³-hybridized carbons (Fsp3) is 0.667. The molecule has 1 unspecified atom stereocenters. The van der Waals surface area contributed by atoms with Crippen molar-refractivity contribution in [1.82, 2.24) is 4.90 Å². The number of esters is 1. The van der Waals surface area contributed by atoms with E-state index in [2.05, 4.69) is 6.07 Å². The molecule has 2 atom stereocenters. The van der Waals surface area contributed by atoms with Gasteiger partial charge in [-0.2, -0.15) is 0 Å². The Morgan fingerprint density at radius 3 is 2.87 bits per heavy atom. The summed E-state index contributed by atoms with van der Waals surface area (Å²) in [6.07, 6.45) is 4.32. The summed E-state index contributed by atoms with van der Waals surface area (Å²) in [5.41, 5.74) is 2.11. The zero-order valence-corrected chi connectivity index (χ0v) is 18.6. The van der Waals surface area contributed by atoms with E-state index < -0.39 is 5.79 Å². The molecule has 0 saturated carbocycles. The maximum absolute atomic E-state index is 13.3. The Bertz CT molecular complexity index is 803. The lowest BCUT2D eigenvalue weighted by atomic mass is 9.97. The largest absolute Gasteiger partial charge is 0.493 e. The van der Waals surface area contributed by atoms with Crippen molar-refractivity contribution in [1.29, 1.82) is 0 Å². The molecule has 0 aromatic heterocycles. The molecule has 0 N–H and O–H groups in total. The van der Waals surface area contributed by atoms with E-state index in [4.69, 9.17) is 18.9 Å².